The Morgan fingerprint density at radius 3 is 3.26 bits per heavy atom. The van der Waals surface area contributed by atoms with Crippen molar-refractivity contribution in [2.75, 3.05) is 13.2 Å². The molecule has 2 N–H and O–H groups in total. The van der Waals surface area contributed by atoms with Crippen LogP contribution in [0.2, 0.25) is 0 Å². The van der Waals surface area contributed by atoms with Crippen LogP contribution in [-0.4, -0.2) is 29.2 Å². The molecule has 2 heterocycles. The molecule has 5 nitrogen and oxygen atoms in total. The predicted molar refractivity (Wildman–Crippen MR) is 72.5 cm³/mol. The van der Waals surface area contributed by atoms with E-state index in [1.807, 2.05) is 0 Å². The maximum Gasteiger partial charge on any atom is 0.335 e. The lowest BCUT2D eigenvalue weighted by atomic mass is 9.92. The number of carbonyl (C=O) groups is 1. The molecule has 1 unspecified atom stereocenters. The zero-order valence-corrected chi connectivity index (χ0v) is 11.1. The molecule has 19 heavy (non-hydrogen) atoms. The minimum absolute atomic E-state index is 0.242. The molecule has 0 amide bonds. The van der Waals surface area contributed by atoms with E-state index in [0.717, 1.165) is 28.6 Å². The molecule has 1 fully saturated rings. The second-order valence-corrected chi connectivity index (χ2v) is 5.49. The molecule has 0 spiro atoms. The van der Waals surface area contributed by atoms with E-state index in [1.54, 1.807) is 17.6 Å². The van der Waals surface area contributed by atoms with Gasteiger partial charge >= 0.3 is 5.97 Å². The monoisotopic (exact) mass is 278 g/mol. The third kappa shape index (κ3) is 2.47. The first-order valence-corrected chi connectivity index (χ1v) is 7.09. The summed E-state index contributed by atoms with van der Waals surface area (Å²) >= 11 is 1.48. The first-order valence-electron chi connectivity index (χ1n) is 6.21. The van der Waals surface area contributed by atoms with Gasteiger partial charge in [0, 0.05) is 12.5 Å². The van der Waals surface area contributed by atoms with E-state index in [9.17, 15) is 9.90 Å². The van der Waals surface area contributed by atoms with E-state index < -0.39 is 5.97 Å². The second-order valence-electron chi connectivity index (χ2n) is 4.61. The van der Waals surface area contributed by atoms with Crippen molar-refractivity contribution in [3.63, 3.8) is 0 Å². The Morgan fingerprint density at radius 1 is 1.53 bits per heavy atom. The van der Waals surface area contributed by atoms with Crippen molar-refractivity contribution < 1.29 is 14.7 Å². The third-order valence-corrected chi connectivity index (χ3v) is 4.16. The first-order chi connectivity index (χ1) is 9.25. The summed E-state index contributed by atoms with van der Waals surface area (Å²) in [6.07, 6.45) is 1.93. The van der Waals surface area contributed by atoms with Gasteiger partial charge in [0.15, 0.2) is 0 Å². The Hall–Kier alpha value is -1.50. The number of rotatable bonds is 2. The van der Waals surface area contributed by atoms with Gasteiger partial charge in [-0.25, -0.2) is 15.3 Å². The van der Waals surface area contributed by atoms with Gasteiger partial charge in [-0.2, -0.15) is 0 Å². The fraction of sp³-hybridized carbons (Fsp3) is 0.385. The molecule has 0 bridgehead atoms. The summed E-state index contributed by atoms with van der Waals surface area (Å²) in [5, 5.41) is 9.20. The molecule has 1 aliphatic heterocycles. The van der Waals surface area contributed by atoms with Gasteiger partial charge in [-0.1, -0.05) is 0 Å². The zero-order valence-electron chi connectivity index (χ0n) is 10.3. The minimum atomic E-state index is -0.894. The number of thiazole rings is 1. The van der Waals surface area contributed by atoms with E-state index in [4.69, 9.17) is 4.84 Å². The molecule has 6 heteroatoms. The molecule has 100 valence electrons. The standard InChI is InChI=1S/C13H14N2O3S/c16-13(17)9-4-10(8-2-1-3-18-15-6-8)12-11(5-9)19-7-14-12/h4-5,7-8,15H,1-3,6H2,(H,16,17). The van der Waals surface area contributed by atoms with Crippen molar-refractivity contribution in [2.24, 2.45) is 0 Å². The van der Waals surface area contributed by atoms with Gasteiger partial charge < -0.3 is 9.94 Å². The number of fused-ring (bicyclic) bond motifs is 1. The lowest BCUT2D eigenvalue weighted by Crippen LogP contribution is -2.19. The zero-order chi connectivity index (χ0) is 13.2. The lowest BCUT2D eigenvalue weighted by Gasteiger charge is -2.15. The molecule has 0 saturated carbocycles. The highest BCUT2D eigenvalue weighted by atomic mass is 32.1. The maximum absolute atomic E-state index is 11.2. The largest absolute Gasteiger partial charge is 0.478 e. The quantitative estimate of drug-likeness (QED) is 0.882. The number of hydrogen-bond donors (Lipinski definition) is 2. The average molecular weight is 278 g/mol. The molecule has 1 aromatic carbocycles. The summed E-state index contributed by atoms with van der Waals surface area (Å²) in [6, 6.07) is 3.45. The highest BCUT2D eigenvalue weighted by molar-refractivity contribution is 7.16. The number of carboxylic acids is 1. The van der Waals surface area contributed by atoms with Crippen LogP contribution < -0.4 is 5.48 Å². The average Bonchev–Trinajstić information content (AvgIpc) is 2.71. The summed E-state index contributed by atoms with van der Waals surface area (Å²) in [4.78, 5) is 20.8. The molecule has 3 rings (SSSR count). The predicted octanol–water partition coefficient (Wildman–Crippen LogP) is 2.39. The van der Waals surface area contributed by atoms with E-state index in [-0.39, 0.29) is 5.92 Å². The number of nitrogens with zero attached hydrogens (tertiary/aromatic N) is 1. The number of benzene rings is 1. The summed E-state index contributed by atoms with van der Waals surface area (Å²) in [6.45, 7) is 1.38. The van der Waals surface area contributed by atoms with Gasteiger partial charge in [-0.3, -0.25) is 0 Å². The molecular weight excluding hydrogens is 264 g/mol. The first kappa shape index (κ1) is 12.5. The van der Waals surface area contributed by atoms with Crippen molar-refractivity contribution >= 4 is 27.5 Å². The summed E-state index contributed by atoms with van der Waals surface area (Å²) in [5.41, 5.74) is 6.95. The van der Waals surface area contributed by atoms with Crippen molar-refractivity contribution in [2.45, 2.75) is 18.8 Å². The smallest absolute Gasteiger partial charge is 0.335 e. The van der Waals surface area contributed by atoms with Gasteiger partial charge in [0.2, 0.25) is 0 Å². The molecule has 1 aliphatic rings. The summed E-state index contributed by atoms with van der Waals surface area (Å²) in [5.74, 6) is -0.652. The molecule has 1 atom stereocenters. The van der Waals surface area contributed by atoms with Crippen LogP contribution >= 0.6 is 11.3 Å². The van der Waals surface area contributed by atoms with Gasteiger partial charge in [-0.15, -0.1) is 11.3 Å². The second kappa shape index (κ2) is 5.24. The fourth-order valence-electron chi connectivity index (χ4n) is 2.43. The van der Waals surface area contributed by atoms with Gasteiger partial charge in [0.25, 0.3) is 0 Å². The number of hydroxylamine groups is 1. The summed E-state index contributed by atoms with van der Waals surface area (Å²) in [7, 11) is 0. The summed E-state index contributed by atoms with van der Waals surface area (Å²) < 4.78 is 0.931. The van der Waals surface area contributed by atoms with Crippen LogP contribution in [-0.2, 0) is 4.84 Å². The van der Waals surface area contributed by atoms with Crippen molar-refractivity contribution in [1.82, 2.24) is 10.5 Å². The third-order valence-electron chi connectivity index (χ3n) is 3.38. The van der Waals surface area contributed by atoms with Crippen molar-refractivity contribution in [3.05, 3.63) is 28.8 Å². The number of aromatic carboxylic acids is 1. The van der Waals surface area contributed by atoms with Gasteiger partial charge in [-0.05, 0) is 30.5 Å². The highest BCUT2D eigenvalue weighted by Gasteiger charge is 2.20. The fourth-order valence-corrected chi connectivity index (χ4v) is 3.18. The maximum atomic E-state index is 11.2. The SMILES string of the molecule is O=C(O)c1cc(C2CCCONC2)c2ncsc2c1. The van der Waals surface area contributed by atoms with Crippen molar-refractivity contribution in [3.8, 4) is 0 Å². The minimum Gasteiger partial charge on any atom is -0.478 e. The van der Waals surface area contributed by atoms with E-state index >= 15 is 0 Å². The van der Waals surface area contributed by atoms with Crippen LogP contribution in [0.4, 0.5) is 0 Å². The lowest BCUT2D eigenvalue weighted by molar-refractivity contribution is 0.0513. The molecule has 0 radical (unpaired) electrons. The Labute approximate surface area is 114 Å². The number of carboxylic acid groups (broad SMARTS) is 1. The van der Waals surface area contributed by atoms with Gasteiger partial charge in [0.05, 0.1) is 27.9 Å². The van der Waals surface area contributed by atoms with Crippen LogP contribution in [0.5, 0.6) is 0 Å². The number of nitrogens with one attached hydrogen (secondary N) is 1. The normalized spacial score (nSPS) is 20.3. The Morgan fingerprint density at radius 2 is 2.42 bits per heavy atom. The van der Waals surface area contributed by atoms with E-state index in [1.165, 1.54) is 11.3 Å². The van der Waals surface area contributed by atoms with E-state index in [0.29, 0.717) is 18.7 Å². The van der Waals surface area contributed by atoms with Crippen LogP contribution in [0.1, 0.15) is 34.7 Å². The number of aromatic nitrogens is 1. The van der Waals surface area contributed by atoms with Crippen LogP contribution in [0.15, 0.2) is 17.6 Å². The topological polar surface area (TPSA) is 71.5 Å². The van der Waals surface area contributed by atoms with Crippen LogP contribution in [0.3, 0.4) is 0 Å². The Bertz CT molecular complexity index is 603. The Kier molecular flexibility index (Phi) is 3.46. The molecule has 1 aromatic heterocycles. The van der Waals surface area contributed by atoms with Crippen molar-refractivity contribution in [1.29, 1.82) is 0 Å². The van der Waals surface area contributed by atoms with Crippen LogP contribution in [0.25, 0.3) is 10.2 Å². The Balaban J connectivity index is 2.09. The molecule has 0 aliphatic carbocycles. The molecular formula is C13H14N2O3S. The molecule has 2 aromatic rings. The highest BCUT2D eigenvalue weighted by Crippen LogP contribution is 2.31. The van der Waals surface area contributed by atoms with Gasteiger partial charge in [0.1, 0.15) is 0 Å². The molecule has 1 saturated heterocycles. The van der Waals surface area contributed by atoms with E-state index in [2.05, 4.69) is 10.5 Å². The van der Waals surface area contributed by atoms with Crippen LogP contribution in [0, 0.1) is 0 Å². The number of hydrogen-bond acceptors (Lipinski definition) is 5.